The Morgan fingerprint density at radius 3 is 2.29 bits per heavy atom. The Kier molecular flexibility index (Phi) is 10.6. The molecule has 0 radical (unpaired) electrons. The van der Waals surface area contributed by atoms with Crippen LogP contribution in [-0.4, -0.2) is 0 Å². The van der Waals surface area contributed by atoms with Crippen molar-refractivity contribution in [3.05, 3.63) is 37.0 Å². The Bertz CT molecular complexity index is 218. The van der Waals surface area contributed by atoms with Crippen LogP contribution >= 0.6 is 0 Å². The number of nitrogens with zero attached hydrogens (tertiary/aromatic N) is 1. The fraction of sp³-hybridized carbons (Fsp3) is 0.462. The highest BCUT2D eigenvalue weighted by Crippen LogP contribution is 1.99. The van der Waals surface area contributed by atoms with Crippen molar-refractivity contribution in [3.63, 3.8) is 0 Å². The third-order valence-electron chi connectivity index (χ3n) is 1.80. The van der Waals surface area contributed by atoms with Crippen molar-refractivity contribution in [2.45, 2.75) is 38.5 Å². The van der Waals surface area contributed by atoms with Crippen molar-refractivity contribution in [1.82, 2.24) is 0 Å². The van der Waals surface area contributed by atoms with Crippen LogP contribution in [0.3, 0.4) is 0 Å². The van der Waals surface area contributed by atoms with Crippen LogP contribution < -0.4 is 0 Å². The van der Waals surface area contributed by atoms with Gasteiger partial charge in [0.2, 0.25) is 0 Å². The highest BCUT2D eigenvalue weighted by molar-refractivity contribution is 4.91. The summed E-state index contributed by atoms with van der Waals surface area (Å²) in [7, 11) is 0. The van der Waals surface area contributed by atoms with E-state index in [4.69, 9.17) is 5.26 Å². The maximum absolute atomic E-state index is 8.30. The summed E-state index contributed by atoms with van der Waals surface area (Å²) in [4.78, 5) is 0. The minimum Gasteiger partial charge on any atom is -0.198 e. The van der Waals surface area contributed by atoms with E-state index >= 15 is 0 Å². The van der Waals surface area contributed by atoms with Gasteiger partial charge in [0.05, 0.1) is 6.07 Å². The summed E-state index contributed by atoms with van der Waals surface area (Å²) in [6, 6.07) is 2.14. The Balaban J connectivity index is 3.19. The number of allylic oxidation sites excluding steroid dienone is 5. The molecule has 76 valence electrons. The van der Waals surface area contributed by atoms with Crippen molar-refractivity contribution in [1.29, 1.82) is 5.26 Å². The molecular formula is C13H19N. The highest BCUT2D eigenvalue weighted by Gasteiger charge is 1.81. The van der Waals surface area contributed by atoms with Crippen molar-refractivity contribution < 1.29 is 0 Å². The summed E-state index contributed by atoms with van der Waals surface area (Å²) < 4.78 is 0. The van der Waals surface area contributed by atoms with E-state index in [1.807, 2.05) is 6.08 Å². The molecule has 0 spiro atoms. The van der Waals surface area contributed by atoms with Crippen LogP contribution in [0.25, 0.3) is 0 Å². The number of hydrogen-bond donors (Lipinski definition) is 0. The Hall–Kier alpha value is -1.29. The fourth-order valence-electron chi connectivity index (χ4n) is 1.04. The third-order valence-corrected chi connectivity index (χ3v) is 1.80. The van der Waals surface area contributed by atoms with E-state index in [9.17, 15) is 0 Å². The summed E-state index contributed by atoms with van der Waals surface area (Å²) in [5.41, 5.74) is 0. The van der Waals surface area contributed by atoms with E-state index in [1.165, 1.54) is 0 Å². The van der Waals surface area contributed by atoms with Gasteiger partial charge in [-0.3, -0.25) is 0 Å². The first-order valence-electron chi connectivity index (χ1n) is 5.19. The average molecular weight is 189 g/mol. The Morgan fingerprint density at radius 1 is 1.00 bits per heavy atom. The molecule has 0 aliphatic carbocycles. The molecule has 0 rings (SSSR count). The number of nitriles is 1. The zero-order chi connectivity index (χ0) is 10.5. The van der Waals surface area contributed by atoms with Gasteiger partial charge >= 0.3 is 0 Å². The second kappa shape index (κ2) is 11.7. The van der Waals surface area contributed by atoms with Gasteiger partial charge in [0, 0.05) is 6.42 Å². The number of unbranched alkanes of at least 4 members (excludes halogenated alkanes) is 3. The summed E-state index contributed by atoms with van der Waals surface area (Å²) in [6.45, 7) is 3.64. The van der Waals surface area contributed by atoms with Gasteiger partial charge in [0.15, 0.2) is 0 Å². The van der Waals surface area contributed by atoms with Crippen LogP contribution in [0.4, 0.5) is 0 Å². The largest absolute Gasteiger partial charge is 0.198 e. The quantitative estimate of drug-likeness (QED) is 0.415. The van der Waals surface area contributed by atoms with E-state index in [0.29, 0.717) is 6.42 Å². The molecule has 0 aromatic carbocycles. The van der Waals surface area contributed by atoms with Crippen LogP contribution in [0.5, 0.6) is 0 Å². The summed E-state index contributed by atoms with van der Waals surface area (Å²) >= 11 is 0. The minimum absolute atomic E-state index is 0.670. The molecule has 0 atom stereocenters. The van der Waals surface area contributed by atoms with E-state index < -0.39 is 0 Å². The van der Waals surface area contributed by atoms with Crippen LogP contribution in [0.1, 0.15) is 38.5 Å². The van der Waals surface area contributed by atoms with Crippen LogP contribution in [-0.2, 0) is 0 Å². The molecule has 0 aliphatic rings. The molecule has 0 aromatic rings. The first-order valence-corrected chi connectivity index (χ1v) is 5.19. The Labute approximate surface area is 87.4 Å². The summed E-state index contributed by atoms with van der Waals surface area (Å²) in [5, 5.41) is 8.30. The molecule has 0 N–H and O–H groups in total. The molecule has 1 heteroatoms. The summed E-state index contributed by atoms with van der Waals surface area (Å²) in [5.74, 6) is 0. The van der Waals surface area contributed by atoms with E-state index in [1.54, 1.807) is 0 Å². The van der Waals surface area contributed by atoms with Gasteiger partial charge in [-0.05, 0) is 32.1 Å². The van der Waals surface area contributed by atoms with Gasteiger partial charge in [0.1, 0.15) is 0 Å². The van der Waals surface area contributed by atoms with Crippen LogP contribution in [0.2, 0.25) is 0 Å². The lowest BCUT2D eigenvalue weighted by atomic mass is 10.2. The lowest BCUT2D eigenvalue weighted by Gasteiger charge is -1.88. The molecule has 14 heavy (non-hydrogen) atoms. The second-order valence-corrected chi connectivity index (χ2v) is 3.09. The molecule has 0 amide bonds. The predicted molar refractivity (Wildman–Crippen MR) is 61.8 cm³/mol. The van der Waals surface area contributed by atoms with E-state index in [-0.39, 0.29) is 0 Å². The lowest BCUT2D eigenvalue weighted by molar-refractivity contribution is 0.870. The molecule has 0 bridgehead atoms. The molecule has 0 saturated heterocycles. The molecule has 0 saturated carbocycles. The zero-order valence-electron chi connectivity index (χ0n) is 8.78. The summed E-state index contributed by atoms with van der Waals surface area (Å²) in [6.07, 6.45) is 16.4. The van der Waals surface area contributed by atoms with Gasteiger partial charge in [-0.1, -0.05) is 30.4 Å². The highest BCUT2D eigenvalue weighted by atomic mass is 14.2. The maximum atomic E-state index is 8.30. The van der Waals surface area contributed by atoms with Crippen molar-refractivity contribution >= 4 is 0 Å². The maximum Gasteiger partial charge on any atom is 0.0621 e. The SMILES string of the molecule is C=CC/C=C/CC/C=C/CCCC#N. The van der Waals surface area contributed by atoms with Crippen LogP contribution in [0, 0.1) is 11.3 Å². The first-order chi connectivity index (χ1) is 6.91. The molecule has 0 aromatic heterocycles. The van der Waals surface area contributed by atoms with Gasteiger partial charge in [-0.25, -0.2) is 0 Å². The topological polar surface area (TPSA) is 23.8 Å². The lowest BCUT2D eigenvalue weighted by Crippen LogP contribution is -1.69. The molecule has 1 nitrogen and oxygen atoms in total. The van der Waals surface area contributed by atoms with E-state index in [2.05, 4.69) is 37.0 Å². The molecular weight excluding hydrogens is 170 g/mol. The van der Waals surface area contributed by atoms with Gasteiger partial charge in [-0.2, -0.15) is 5.26 Å². The Morgan fingerprint density at radius 2 is 1.64 bits per heavy atom. The number of rotatable bonds is 8. The standard InChI is InChI=1S/C13H19N/c1-2-3-4-5-6-7-8-9-10-11-12-13-14/h2,4-5,8-9H,1,3,6-7,10-12H2/b5-4+,9-8+. The molecule has 0 aliphatic heterocycles. The zero-order valence-corrected chi connectivity index (χ0v) is 8.78. The van der Waals surface area contributed by atoms with Gasteiger partial charge in [0.25, 0.3) is 0 Å². The average Bonchev–Trinajstić information content (AvgIpc) is 2.21. The van der Waals surface area contributed by atoms with E-state index in [0.717, 1.165) is 32.1 Å². The molecule has 0 unspecified atom stereocenters. The molecule has 0 heterocycles. The monoisotopic (exact) mass is 189 g/mol. The normalized spacial score (nSPS) is 10.8. The van der Waals surface area contributed by atoms with Crippen molar-refractivity contribution in [2.75, 3.05) is 0 Å². The van der Waals surface area contributed by atoms with Crippen LogP contribution in [0.15, 0.2) is 37.0 Å². The predicted octanol–water partition coefficient (Wildman–Crippen LogP) is 4.15. The van der Waals surface area contributed by atoms with Gasteiger partial charge < -0.3 is 0 Å². The van der Waals surface area contributed by atoms with Crippen molar-refractivity contribution in [3.8, 4) is 6.07 Å². The van der Waals surface area contributed by atoms with Crippen molar-refractivity contribution in [2.24, 2.45) is 0 Å². The number of hydrogen-bond acceptors (Lipinski definition) is 1. The van der Waals surface area contributed by atoms with Gasteiger partial charge in [-0.15, -0.1) is 6.58 Å². The first kappa shape index (κ1) is 12.7. The smallest absolute Gasteiger partial charge is 0.0621 e. The second-order valence-electron chi connectivity index (χ2n) is 3.09. The third kappa shape index (κ3) is 10.7. The fourth-order valence-corrected chi connectivity index (χ4v) is 1.04. The minimum atomic E-state index is 0.670. The molecule has 0 fully saturated rings.